The minimum Gasteiger partial charge on any atom is -0.383 e. The molecular weight excluding hydrogens is 363 g/mol. The number of hydrogen-bond donors (Lipinski definition) is 1. The lowest BCUT2D eigenvalue weighted by atomic mass is 10.2. The van der Waals surface area contributed by atoms with E-state index in [2.05, 4.69) is 10.3 Å². The third-order valence-corrected chi connectivity index (χ3v) is 4.16. The van der Waals surface area contributed by atoms with E-state index in [0.717, 1.165) is 17.8 Å². The van der Waals surface area contributed by atoms with Crippen molar-refractivity contribution in [1.82, 2.24) is 9.88 Å². The number of pyridine rings is 1. The average Bonchev–Trinajstić information content (AvgIpc) is 2.62. The van der Waals surface area contributed by atoms with E-state index in [1.807, 2.05) is 30.0 Å². The summed E-state index contributed by atoms with van der Waals surface area (Å²) >= 11 is 5.43. The number of alkyl halides is 3. The van der Waals surface area contributed by atoms with Gasteiger partial charge >= 0.3 is 6.18 Å². The maximum absolute atomic E-state index is 12.9. The minimum absolute atomic E-state index is 0.169. The summed E-state index contributed by atoms with van der Waals surface area (Å²) < 4.78 is 43.8. The van der Waals surface area contributed by atoms with E-state index in [0.29, 0.717) is 18.3 Å². The van der Waals surface area contributed by atoms with Crippen LogP contribution in [0.15, 0.2) is 48.7 Å². The van der Waals surface area contributed by atoms with Gasteiger partial charge in [-0.1, -0.05) is 12.1 Å². The van der Waals surface area contributed by atoms with E-state index >= 15 is 0 Å². The Morgan fingerprint density at radius 2 is 2.04 bits per heavy atom. The Balaban J connectivity index is 2.19. The van der Waals surface area contributed by atoms with Gasteiger partial charge in [0.15, 0.2) is 5.11 Å². The summed E-state index contributed by atoms with van der Waals surface area (Å²) in [4.78, 5) is 6.16. The van der Waals surface area contributed by atoms with E-state index in [4.69, 9.17) is 17.0 Å². The zero-order valence-electron chi connectivity index (χ0n) is 14.5. The third-order valence-electron chi connectivity index (χ3n) is 3.82. The second-order valence-corrected chi connectivity index (χ2v) is 6.01. The fourth-order valence-electron chi connectivity index (χ4n) is 2.41. The predicted molar refractivity (Wildman–Crippen MR) is 98.9 cm³/mol. The summed E-state index contributed by atoms with van der Waals surface area (Å²) in [6.45, 7) is 2.82. The lowest BCUT2D eigenvalue weighted by molar-refractivity contribution is -0.137. The highest BCUT2D eigenvalue weighted by Crippen LogP contribution is 2.31. The second-order valence-electron chi connectivity index (χ2n) is 5.63. The molecule has 1 aromatic carbocycles. The van der Waals surface area contributed by atoms with Gasteiger partial charge in [-0.2, -0.15) is 13.2 Å². The standard InChI is InChI=1S/C18H20F3N3OS/c1-13(16-8-3-4-9-22-16)24(10-11-25-2)17(26)23-15-7-5-6-14(12-15)18(19,20)21/h3-9,12-13H,10-11H2,1-2H3,(H,23,26)/t13-/m0/s1. The van der Waals surface area contributed by atoms with Crippen molar-refractivity contribution in [2.75, 3.05) is 25.6 Å². The minimum atomic E-state index is -4.41. The van der Waals surface area contributed by atoms with Crippen LogP contribution in [0.3, 0.4) is 0 Å². The Morgan fingerprint density at radius 3 is 2.65 bits per heavy atom. The number of halogens is 3. The zero-order valence-corrected chi connectivity index (χ0v) is 15.3. The summed E-state index contributed by atoms with van der Waals surface area (Å²) in [5.41, 5.74) is 0.351. The van der Waals surface area contributed by atoms with Crippen molar-refractivity contribution in [2.45, 2.75) is 19.1 Å². The van der Waals surface area contributed by atoms with Crippen LogP contribution in [0.25, 0.3) is 0 Å². The molecule has 2 rings (SSSR count). The van der Waals surface area contributed by atoms with E-state index in [9.17, 15) is 13.2 Å². The van der Waals surface area contributed by atoms with Gasteiger partial charge in [-0.15, -0.1) is 0 Å². The highest BCUT2D eigenvalue weighted by molar-refractivity contribution is 7.80. The number of hydrogen-bond acceptors (Lipinski definition) is 3. The van der Waals surface area contributed by atoms with Gasteiger partial charge in [-0.25, -0.2) is 0 Å². The Hall–Kier alpha value is -2.19. The molecule has 0 saturated heterocycles. The van der Waals surface area contributed by atoms with Crippen LogP contribution in [0, 0.1) is 0 Å². The molecule has 26 heavy (non-hydrogen) atoms. The molecule has 1 aromatic heterocycles. The molecule has 0 saturated carbocycles. The quantitative estimate of drug-likeness (QED) is 0.743. The molecule has 140 valence electrons. The molecule has 1 heterocycles. The number of aromatic nitrogens is 1. The average molecular weight is 383 g/mol. The first-order valence-corrected chi connectivity index (χ1v) is 8.38. The number of thiocarbonyl (C=S) groups is 1. The Bertz CT molecular complexity index is 725. The fourth-order valence-corrected chi connectivity index (χ4v) is 2.78. The molecule has 0 aliphatic heterocycles. The number of benzene rings is 1. The van der Waals surface area contributed by atoms with Gasteiger partial charge < -0.3 is 15.0 Å². The van der Waals surface area contributed by atoms with Crippen LogP contribution < -0.4 is 5.32 Å². The van der Waals surface area contributed by atoms with Crippen LogP contribution in [0.5, 0.6) is 0 Å². The molecule has 0 aliphatic carbocycles. The normalized spacial score (nSPS) is 12.5. The van der Waals surface area contributed by atoms with Gasteiger partial charge in [0.05, 0.1) is 23.9 Å². The number of nitrogens with zero attached hydrogens (tertiary/aromatic N) is 2. The van der Waals surface area contributed by atoms with Gasteiger partial charge in [-0.05, 0) is 49.5 Å². The summed E-state index contributed by atoms with van der Waals surface area (Å²) in [5, 5.41) is 3.19. The first kappa shape index (κ1) is 20.1. The van der Waals surface area contributed by atoms with Crippen LogP contribution in [0.4, 0.5) is 18.9 Å². The molecule has 4 nitrogen and oxygen atoms in total. The molecule has 1 N–H and O–H groups in total. The van der Waals surface area contributed by atoms with Gasteiger partial charge in [0.1, 0.15) is 0 Å². The maximum Gasteiger partial charge on any atom is 0.416 e. The molecule has 0 radical (unpaired) electrons. The van der Waals surface area contributed by atoms with Crippen molar-refractivity contribution >= 4 is 23.0 Å². The largest absolute Gasteiger partial charge is 0.416 e. The molecule has 1 atom stereocenters. The van der Waals surface area contributed by atoms with E-state index < -0.39 is 11.7 Å². The highest BCUT2D eigenvalue weighted by Gasteiger charge is 2.30. The predicted octanol–water partition coefficient (Wildman–Crippen LogP) is 4.51. The summed E-state index contributed by atoms with van der Waals surface area (Å²) in [5.74, 6) is 0. The van der Waals surface area contributed by atoms with Crippen molar-refractivity contribution < 1.29 is 17.9 Å². The molecule has 0 aliphatic rings. The molecular formula is C18H20F3N3OS. The van der Waals surface area contributed by atoms with Crippen LogP contribution in [0.2, 0.25) is 0 Å². The van der Waals surface area contributed by atoms with Crippen molar-refractivity contribution in [1.29, 1.82) is 0 Å². The van der Waals surface area contributed by atoms with Crippen LogP contribution in [-0.2, 0) is 10.9 Å². The summed E-state index contributed by atoms with van der Waals surface area (Å²) in [6.07, 6.45) is -2.72. The number of ether oxygens (including phenoxy) is 1. The van der Waals surface area contributed by atoms with Crippen molar-refractivity contribution in [3.63, 3.8) is 0 Å². The zero-order chi connectivity index (χ0) is 19.2. The van der Waals surface area contributed by atoms with Crippen LogP contribution in [-0.4, -0.2) is 35.3 Å². The van der Waals surface area contributed by atoms with Crippen LogP contribution >= 0.6 is 12.2 Å². The summed E-state index contributed by atoms with van der Waals surface area (Å²) in [6, 6.07) is 10.3. The fraction of sp³-hybridized carbons (Fsp3) is 0.333. The van der Waals surface area contributed by atoms with Gasteiger partial charge in [0, 0.05) is 25.5 Å². The first-order chi connectivity index (χ1) is 12.3. The van der Waals surface area contributed by atoms with E-state index in [1.165, 1.54) is 6.07 Å². The number of rotatable bonds is 6. The van der Waals surface area contributed by atoms with E-state index in [-0.39, 0.29) is 11.7 Å². The van der Waals surface area contributed by atoms with Gasteiger partial charge in [0.2, 0.25) is 0 Å². The smallest absolute Gasteiger partial charge is 0.383 e. The molecule has 2 aromatic rings. The third kappa shape index (κ3) is 5.40. The molecule has 8 heteroatoms. The van der Waals surface area contributed by atoms with E-state index in [1.54, 1.807) is 19.4 Å². The topological polar surface area (TPSA) is 37.4 Å². The van der Waals surface area contributed by atoms with Gasteiger partial charge in [-0.3, -0.25) is 4.98 Å². The van der Waals surface area contributed by atoms with Crippen molar-refractivity contribution in [2.24, 2.45) is 0 Å². The van der Waals surface area contributed by atoms with Crippen molar-refractivity contribution in [3.05, 3.63) is 59.9 Å². The molecule has 0 fully saturated rings. The molecule has 0 unspecified atom stereocenters. The Labute approximate surface area is 156 Å². The van der Waals surface area contributed by atoms with Crippen molar-refractivity contribution in [3.8, 4) is 0 Å². The van der Waals surface area contributed by atoms with Crippen LogP contribution in [0.1, 0.15) is 24.2 Å². The maximum atomic E-state index is 12.9. The number of anilines is 1. The highest BCUT2D eigenvalue weighted by atomic mass is 32.1. The summed E-state index contributed by atoms with van der Waals surface area (Å²) in [7, 11) is 1.58. The molecule has 0 spiro atoms. The monoisotopic (exact) mass is 383 g/mol. The number of methoxy groups -OCH3 is 1. The molecule has 0 amide bonds. The van der Waals surface area contributed by atoms with Gasteiger partial charge in [0.25, 0.3) is 0 Å². The lowest BCUT2D eigenvalue weighted by Gasteiger charge is -2.31. The SMILES string of the molecule is COCCN(C(=S)Nc1cccc(C(F)(F)F)c1)[C@@H](C)c1ccccn1. The Kier molecular flexibility index (Phi) is 6.93. The Morgan fingerprint density at radius 1 is 1.27 bits per heavy atom. The lowest BCUT2D eigenvalue weighted by Crippen LogP contribution is -2.39. The number of nitrogens with one attached hydrogen (secondary N) is 1. The second kappa shape index (κ2) is 8.95. The first-order valence-electron chi connectivity index (χ1n) is 7.97. The molecule has 0 bridgehead atoms.